The lowest BCUT2D eigenvalue weighted by Gasteiger charge is -2.35. The second-order valence-corrected chi connectivity index (χ2v) is 6.07. The normalized spacial score (nSPS) is 16.8. The Morgan fingerprint density at radius 3 is 2.69 bits per heavy atom. The van der Waals surface area contributed by atoms with Crippen LogP contribution in [0, 0.1) is 5.92 Å². The molecule has 2 heterocycles. The zero-order valence-electron chi connectivity index (χ0n) is 14.1. The topological polar surface area (TPSA) is 54.5 Å². The van der Waals surface area contributed by atoms with Crippen LogP contribution in [0.25, 0.3) is 0 Å². The van der Waals surface area contributed by atoms with E-state index in [1.165, 1.54) is 19.2 Å². The van der Waals surface area contributed by atoms with Gasteiger partial charge in [-0.25, -0.2) is 4.79 Å². The van der Waals surface area contributed by atoms with E-state index in [1.807, 2.05) is 11.0 Å². The first-order chi connectivity index (χ1) is 12.4. The summed E-state index contributed by atoms with van der Waals surface area (Å²) in [5.74, 6) is 0.0544. The van der Waals surface area contributed by atoms with Gasteiger partial charge in [0.05, 0.1) is 24.1 Å². The van der Waals surface area contributed by atoms with Gasteiger partial charge in [0.1, 0.15) is 0 Å². The van der Waals surface area contributed by atoms with Crippen molar-refractivity contribution in [1.82, 2.24) is 10.3 Å². The molecule has 2 aromatic rings. The number of alkyl halides is 3. The van der Waals surface area contributed by atoms with Crippen LogP contribution in [0.1, 0.15) is 11.3 Å². The van der Waals surface area contributed by atoms with E-state index in [4.69, 9.17) is 0 Å². The molecule has 1 N–H and O–H groups in total. The van der Waals surface area contributed by atoms with Gasteiger partial charge in [-0.05, 0) is 48.7 Å². The predicted molar refractivity (Wildman–Crippen MR) is 90.3 cm³/mol. The molecule has 8 heteroatoms. The minimum absolute atomic E-state index is 0.0544. The van der Waals surface area contributed by atoms with E-state index >= 15 is 0 Å². The van der Waals surface area contributed by atoms with E-state index in [-0.39, 0.29) is 5.92 Å². The van der Waals surface area contributed by atoms with Crippen LogP contribution in [0.5, 0.6) is 0 Å². The lowest BCUT2D eigenvalue weighted by atomic mass is 9.95. The third kappa shape index (κ3) is 3.89. The first-order valence-corrected chi connectivity index (χ1v) is 8.09. The van der Waals surface area contributed by atoms with Crippen LogP contribution >= 0.6 is 0 Å². The Morgan fingerprint density at radius 1 is 1.31 bits per heavy atom. The fraction of sp³-hybridized carbons (Fsp3) is 0.333. The third-order valence-electron chi connectivity index (χ3n) is 4.31. The van der Waals surface area contributed by atoms with Gasteiger partial charge in [0.15, 0.2) is 0 Å². The molecule has 1 aromatic carbocycles. The summed E-state index contributed by atoms with van der Waals surface area (Å²) in [5, 5.41) is 2.67. The lowest BCUT2D eigenvalue weighted by molar-refractivity contribution is -0.137. The Balaban J connectivity index is 1.85. The standard InChI is InChI=1S/C18H18F3N3O2/c1-26-17(25)23-10-12-9-15-16(3-2-8-22-15)24(11-12)14-6-4-13(5-7-14)18(19,20)21/h2-8,12H,9-11H2,1H3,(H,23,25)/t12-/m0/s1. The van der Waals surface area contributed by atoms with Crippen molar-refractivity contribution in [3.63, 3.8) is 0 Å². The molecule has 0 spiro atoms. The molecule has 0 saturated heterocycles. The zero-order valence-corrected chi connectivity index (χ0v) is 14.1. The van der Waals surface area contributed by atoms with E-state index in [0.717, 1.165) is 23.5 Å². The van der Waals surface area contributed by atoms with Gasteiger partial charge in [0.2, 0.25) is 0 Å². The quantitative estimate of drug-likeness (QED) is 0.900. The molecule has 1 aromatic heterocycles. The summed E-state index contributed by atoms with van der Waals surface area (Å²) in [6.07, 6.45) is -2.54. The molecule has 5 nitrogen and oxygen atoms in total. The Morgan fingerprint density at radius 2 is 2.04 bits per heavy atom. The second-order valence-electron chi connectivity index (χ2n) is 6.07. The van der Waals surface area contributed by atoms with E-state index in [0.29, 0.717) is 25.2 Å². The predicted octanol–water partition coefficient (Wildman–Crippen LogP) is 3.77. The maximum Gasteiger partial charge on any atom is 0.416 e. The van der Waals surface area contributed by atoms with Crippen LogP contribution in [-0.2, 0) is 17.3 Å². The van der Waals surface area contributed by atoms with Crippen LogP contribution in [0.3, 0.4) is 0 Å². The highest BCUT2D eigenvalue weighted by molar-refractivity contribution is 5.68. The molecule has 26 heavy (non-hydrogen) atoms. The van der Waals surface area contributed by atoms with Gasteiger partial charge < -0.3 is 15.0 Å². The number of hydrogen-bond donors (Lipinski definition) is 1. The number of halogens is 3. The number of rotatable bonds is 3. The van der Waals surface area contributed by atoms with E-state index < -0.39 is 17.8 Å². The first kappa shape index (κ1) is 18.0. The highest BCUT2D eigenvalue weighted by Crippen LogP contribution is 2.36. The fourth-order valence-corrected chi connectivity index (χ4v) is 3.04. The van der Waals surface area contributed by atoms with Crippen molar-refractivity contribution in [2.45, 2.75) is 12.6 Å². The monoisotopic (exact) mass is 365 g/mol. The lowest BCUT2D eigenvalue weighted by Crippen LogP contribution is -2.39. The van der Waals surface area contributed by atoms with Gasteiger partial charge in [-0.1, -0.05) is 0 Å². The smallest absolute Gasteiger partial charge is 0.416 e. The van der Waals surface area contributed by atoms with Crippen LogP contribution in [-0.4, -0.2) is 31.3 Å². The van der Waals surface area contributed by atoms with Crippen LogP contribution < -0.4 is 10.2 Å². The number of fused-ring (bicyclic) bond motifs is 1. The molecule has 1 atom stereocenters. The maximum absolute atomic E-state index is 12.8. The van der Waals surface area contributed by atoms with Gasteiger partial charge >= 0.3 is 12.3 Å². The molecule has 1 aliphatic rings. The molecule has 0 radical (unpaired) electrons. The summed E-state index contributed by atoms with van der Waals surface area (Å²) in [6, 6.07) is 8.74. The molecule has 0 saturated carbocycles. The Labute approximate surface area is 148 Å². The Kier molecular flexibility index (Phi) is 5.01. The second kappa shape index (κ2) is 7.23. The van der Waals surface area contributed by atoms with Crippen LogP contribution in [0.2, 0.25) is 0 Å². The third-order valence-corrected chi connectivity index (χ3v) is 4.31. The summed E-state index contributed by atoms with van der Waals surface area (Å²) in [7, 11) is 1.29. The van der Waals surface area contributed by atoms with Crippen molar-refractivity contribution >= 4 is 17.5 Å². The molecule has 1 amide bonds. The number of ether oxygens (including phenoxy) is 1. The molecule has 0 bridgehead atoms. The van der Waals surface area contributed by atoms with E-state index in [2.05, 4.69) is 15.0 Å². The Bertz CT molecular complexity index is 778. The number of nitrogens with zero attached hydrogens (tertiary/aromatic N) is 2. The minimum Gasteiger partial charge on any atom is -0.453 e. The maximum atomic E-state index is 12.8. The van der Waals surface area contributed by atoms with Crippen molar-refractivity contribution in [1.29, 1.82) is 0 Å². The average Bonchev–Trinajstić information content (AvgIpc) is 2.64. The fourth-order valence-electron chi connectivity index (χ4n) is 3.04. The van der Waals surface area contributed by atoms with Crippen LogP contribution in [0.15, 0.2) is 42.6 Å². The first-order valence-electron chi connectivity index (χ1n) is 8.09. The number of benzene rings is 1. The highest BCUT2D eigenvalue weighted by Gasteiger charge is 2.31. The zero-order chi connectivity index (χ0) is 18.7. The van der Waals surface area contributed by atoms with Crippen LogP contribution in [0.4, 0.5) is 29.3 Å². The molecule has 0 unspecified atom stereocenters. The summed E-state index contributed by atoms with van der Waals surface area (Å²) in [5.41, 5.74) is 1.67. The number of nitrogens with one attached hydrogen (secondary N) is 1. The molecule has 138 valence electrons. The minimum atomic E-state index is -4.37. The number of carbonyl (C=O) groups is 1. The van der Waals surface area contributed by atoms with Crippen molar-refractivity contribution in [3.05, 3.63) is 53.9 Å². The SMILES string of the molecule is COC(=O)NC[C@@H]1Cc2ncccc2N(c2ccc(C(F)(F)F)cc2)C1. The molecule has 1 aliphatic heterocycles. The Hall–Kier alpha value is -2.77. The largest absolute Gasteiger partial charge is 0.453 e. The number of anilines is 2. The molecular formula is C18H18F3N3O2. The number of pyridine rings is 1. The molecule has 0 aliphatic carbocycles. The van der Waals surface area contributed by atoms with E-state index in [9.17, 15) is 18.0 Å². The van der Waals surface area contributed by atoms with Crippen molar-refractivity contribution < 1.29 is 22.7 Å². The number of aromatic nitrogens is 1. The molecular weight excluding hydrogens is 347 g/mol. The van der Waals surface area contributed by atoms with Gasteiger partial charge in [-0.3, -0.25) is 4.98 Å². The summed E-state index contributed by atoms with van der Waals surface area (Å²) in [4.78, 5) is 17.6. The number of hydrogen-bond acceptors (Lipinski definition) is 4. The van der Waals surface area contributed by atoms with Crippen molar-refractivity contribution in [3.8, 4) is 0 Å². The number of alkyl carbamates (subject to hydrolysis) is 1. The number of methoxy groups -OCH3 is 1. The van der Waals surface area contributed by atoms with Crippen molar-refractivity contribution in [2.24, 2.45) is 5.92 Å². The summed E-state index contributed by atoms with van der Waals surface area (Å²) in [6.45, 7) is 0.938. The average molecular weight is 365 g/mol. The molecule has 3 rings (SSSR count). The van der Waals surface area contributed by atoms with Gasteiger partial charge in [-0.15, -0.1) is 0 Å². The highest BCUT2D eigenvalue weighted by atomic mass is 19.4. The summed E-state index contributed by atoms with van der Waals surface area (Å²) < 4.78 is 43.0. The van der Waals surface area contributed by atoms with Gasteiger partial charge in [-0.2, -0.15) is 13.2 Å². The summed E-state index contributed by atoms with van der Waals surface area (Å²) >= 11 is 0. The number of carbonyl (C=O) groups excluding carboxylic acids is 1. The van der Waals surface area contributed by atoms with Crippen molar-refractivity contribution in [2.75, 3.05) is 25.1 Å². The molecule has 0 fully saturated rings. The number of amides is 1. The van der Waals surface area contributed by atoms with Gasteiger partial charge in [0.25, 0.3) is 0 Å². The van der Waals surface area contributed by atoms with E-state index in [1.54, 1.807) is 12.3 Å². The van der Waals surface area contributed by atoms with Gasteiger partial charge in [0, 0.05) is 25.0 Å².